The van der Waals surface area contributed by atoms with Gasteiger partial charge in [0.1, 0.15) is 5.75 Å². The summed E-state index contributed by atoms with van der Waals surface area (Å²) in [6, 6.07) is 7.55. The molecule has 0 bridgehead atoms. The Morgan fingerprint density at radius 1 is 1.26 bits per heavy atom. The zero-order chi connectivity index (χ0) is 13.9. The van der Waals surface area contributed by atoms with Crippen molar-refractivity contribution in [2.24, 2.45) is 0 Å². The van der Waals surface area contributed by atoms with Crippen LogP contribution in [0.15, 0.2) is 28.7 Å². The van der Waals surface area contributed by atoms with E-state index in [-0.39, 0.29) is 5.54 Å². The minimum atomic E-state index is 0.0185. The molecule has 0 aliphatic heterocycles. The lowest BCUT2D eigenvalue weighted by Crippen LogP contribution is -2.35. The number of nitrogens with one attached hydrogen (secondary N) is 1. The number of nitrogens with zero attached hydrogens (tertiary/aromatic N) is 2. The highest BCUT2D eigenvalue weighted by molar-refractivity contribution is 5.55. The maximum Gasteiger partial charge on any atom is 0.247 e. The maximum atomic E-state index is 5.62. The van der Waals surface area contributed by atoms with Crippen LogP contribution in [0.3, 0.4) is 0 Å². The minimum Gasteiger partial charge on any atom is -0.497 e. The van der Waals surface area contributed by atoms with E-state index in [1.54, 1.807) is 7.11 Å². The molecule has 5 nitrogen and oxygen atoms in total. The van der Waals surface area contributed by atoms with Crippen LogP contribution in [0.5, 0.6) is 5.75 Å². The average molecular weight is 261 g/mol. The summed E-state index contributed by atoms with van der Waals surface area (Å²) in [7, 11) is 1.63. The van der Waals surface area contributed by atoms with Gasteiger partial charge in [0.05, 0.1) is 13.7 Å². The van der Waals surface area contributed by atoms with E-state index in [1.807, 2.05) is 24.3 Å². The first-order valence-electron chi connectivity index (χ1n) is 6.20. The molecular formula is C14H19N3O2. The van der Waals surface area contributed by atoms with Crippen molar-refractivity contribution in [3.63, 3.8) is 0 Å². The van der Waals surface area contributed by atoms with Crippen LogP contribution in [-0.2, 0) is 6.54 Å². The number of aromatic nitrogens is 2. The van der Waals surface area contributed by atoms with Gasteiger partial charge in [-0.1, -0.05) is 6.07 Å². The molecule has 0 radical (unpaired) electrons. The van der Waals surface area contributed by atoms with Gasteiger partial charge in [0.15, 0.2) is 0 Å². The molecule has 19 heavy (non-hydrogen) atoms. The van der Waals surface area contributed by atoms with Crippen LogP contribution in [-0.4, -0.2) is 22.8 Å². The van der Waals surface area contributed by atoms with Crippen LogP contribution in [0.4, 0.5) is 0 Å². The van der Waals surface area contributed by atoms with Crippen molar-refractivity contribution in [2.75, 3.05) is 7.11 Å². The molecule has 0 amide bonds. The Balaban J connectivity index is 2.12. The van der Waals surface area contributed by atoms with Gasteiger partial charge in [0.2, 0.25) is 11.8 Å². The second kappa shape index (κ2) is 5.40. The predicted molar refractivity (Wildman–Crippen MR) is 72.9 cm³/mol. The molecule has 1 N–H and O–H groups in total. The molecule has 0 aliphatic carbocycles. The smallest absolute Gasteiger partial charge is 0.247 e. The molecule has 0 saturated carbocycles. The molecule has 2 aromatic rings. The van der Waals surface area contributed by atoms with Gasteiger partial charge in [-0.25, -0.2) is 0 Å². The summed E-state index contributed by atoms with van der Waals surface area (Å²) in [4.78, 5) is 0. The Morgan fingerprint density at radius 3 is 2.74 bits per heavy atom. The van der Waals surface area contributed by atoms with Crippen LogP contribution >= 0.6 is 0 Å². The first-order chi connectivity index (χ1) is 8.98. The first-order valence-corrected chi connectivity index (χ1v) is 6.20. The molecule has 1 heterocycles. The van der Waals surface area contributed by atoms with Gasteiger partial charge in [-0.15, -0.1) is 10.2 Å². The van der Waals surface area contributed by atoms with E-state index in [9.17, 15) is 0 Å². The standard InChI is InChI=1S/C14H19N3O2/c1-14(2,3)15-9-12-16-17-13(19-12)10-6-5-7-11(8-10)18-4/h5-8,15H,9H2,1-4H3. The van der Waals surface area contributed by atoms with E-state index in [0.717, 1.165) is 11.3 Å². The zero-order valence-electron chi connectivity index (χ0n) is 11.7. The van der Waals surface area contributed by atoms with Crippen LogP contribution < -0.4 is 10.1 Å². The molecular weight excluding hydrogens is 242 g/mol. The highest BCUT2D eigenvalue weighted by Crippen LogP contribution is 2.22. The summed E-state index contributed by atoms with van der Waals surface area (Å²) in [6.07, 6.45) is 0. The van der Waals surface area contributed by atoms with Crippen LogP contribution in [0.1, 0.15) is 26.7 Å². The summed E-state index contributed by atoms with van der Waals surface area (Å²) in [6.45, 7) is 6.82. The second-order valence-corrected chi connectivity index (χ2v) is 5.34. The molecule has 1 aromatic carbocycles. The number of hydrogen-bond donors (Lipinski definition) is 1. The molecule has 5 heteroatoms. The van der Waals surface area contributed by atoms with Gasteiger partial charge >= 0.3 is 0 Å². The van der Waals surface area contributed by atoms with Crippen molar-refractivity contribution in [3.8, 4) is 17.2 Å². The van der Waals surface area contributed by atoms with Gasteiger partial charge in [0.25, 0.3) is 0 Å². The molecule has 102 valence electrons. The molecule has 0 aliphatic rings. The largest absolute Gasteiger partial charge is 0.497 e. The number of benzene rings is 1. The lowest BCUT2D eigenvalue weighted by Gasteiger charge is -2.18. The Bertz CT molecular complexity index is 544. The first kappa shape index (κ1) is 13.5. The van der Waals surface area contributed by atoms with E-state index >= 15 is 0 Å². The molecule has 0 fully saturated rings. The molecule has 0 atom stereocenters. The van der Waals surface area contributed by atoms with Crippen molar-refractivity contribution in [1.82, 2.24) is 15.5 Å². The number of methoxy groups -OCH3 is 1. The minimum absolute atomic E-state index is 0.0185. The molecule has 0 spiro atoms. The third-order valence-electron chi connectivity index (χ3n) is 2.55. The summed E-state index contributed by atoms with van der Waals surface area (Å²) in [5, 5.41) is 11.4. The van der Waals surface area contributed by atoms with Crippen molar-refractivity contribution >= 4 is 0 Å². The van der Waals surface area contributed by atoms with E-state index < -0.39 is 0 Å². The van der Waals surface area contributed by atoms with Gasteiger partial charge in [-0.2, -0.15) is 0 Å². The number of ether oxygens (including phenoxy) is 1. The fourth-order valence-electron chi connectivity index (χ4n) is 1.54. The van der Waals surface area contributed by atoms with Crippen molar-refractivity contribution < 1.29 is 9.15 Å². The van der Waals surface area contributed by atoms with Crippen LogP contribution in [0.2, 0.25) is 0 Å². The van der Waals surface area contributed by atoms with E-state index in [2.05, 4.69) is 36.3 Å². The lowest BCUT2D eigenvalue weighted by atomic mass is 10.1. The van der Waals surface area contributed by atoms with Gasteiger partial charge in [0, 0.05) is 11.1 Å². The van der Waals surface area contributed by atoms with Crippen molar-refractivity contribution in [3.05, 3.63) is 30.2 Å². The summed E-state index contributed by atoms with van der Waals surface area (Å²) >= 11 is 0. The topological polar surface area (TPSA) is 60.2 Å². The Hall–Kier alpha value is -1.88. The van der Waals surface area contributed by atoms with Gasteiger partial charge in [-0.05, 0) is 39.0 Å². The van der Waals surface area contributed by atoms with Crippen LogP contribution in [0, 0.1) is 0 Å². The fraction of sp³-hybridized carbons (Fsp3) is 0.429. The second-order valence-electron chi connectivity index (χ2n) is 5.34. The maximum absolute atomic E-state index is 5.62. The third kappa shape index (κ3) is 3.79. The Labute approximate surface area is 113 Å². The monoisotopic (exact) mass is 261 g/mol. The average Bonchev–Trinajstić information content (AvgIpc) is 2.84. The third-order valence-corrected chi connectivity index (χ3v) is 2.55. The van der Waals surface area contributed by atoms with Crippen LogP contribution in [0.25, 0.3) is 11.5 Å². The van der Waals surface area contributed by atoms with E-state index in [1.165, 1.54) is 0 Å². The Morgan fingerprint density at radius 2 is 2.05 bits per heavy atom. The van der Waals surface area contributed by atoms with Gasteiger partial charge in [-0.3, -0.25) is 0 Å². The summed E-state index contributed by atoms with van der Waals surface area (Å²) < 4.78 is 10.8. The van der Waals surface area contributed by atoms with E-state index in [4.69, 9.17) is 9.15 Å². The lowest BCUT2D eigenvalue weighted by molar-refractivity contribution is 0.383. The van der Waals surface area contributed by atoms with E-state index in [0.29, 0.717) is 18.3 Å². The fourth-order valence-corrected chi connectivity index (χ4v) is 1.54. The molecule has 1 aromatic heterocycles. The molecule has 0 saturated heterocycles. The molecule has 2 rings (SSSR count). The normalized spacial score (nSPS) is 11.6. The van der Waals surface area contributed by atoms with Gasteiger partial charge < -0.3 is 14.5 Å². The highest BCUT2D eigenvalue weighted by Gasteiger charge is 2.13. The number of rotatable bonds is 4. The summed E-state index contributed by atoms with van der Waals surface area (Å²) in [5.41, 5.74) is 0.874. The SMILES string of the molecule is COc1cccc(-c2nnc(CNC(C)(C)C)o2)c1. The quantitative estimate of drug-likeness (QED) is 0.916. The van der Waals surface area contributed by atoms with Crippen molar-refractivity contribution in [2.45, 2.75) is 32.9 Å². The summed E-state index contributed by atoms with van der Waals surface area (Å²) in [5.74, 6) is 1.85. The molecule has 0 unspecified atom stereocenters. The van der Waals surface area contributed by atoms with Crippen molar-refractivity contribution in [1.29, 1.82) is 0 Å². The zero-order valence-corrected chi connectivity index (χ0v) is 11.7. The Kier molecular flexibility index (Phi) is 3.85. The number of hydrogen-bond acceptors (Lipinski definition) is 5. The highest BCUT2D eigenvalue weighted by atomic mass is 16.5. The predicted octanol–water partition coefficient (Wildman–Crippen LogP) is 2.63.